The highest BCUT2D eigenvalue weighted by molar-refractivity contribution is 6.33. The Balaban J connectivity index is 0.000000468. The van der Waals surface area contributed by atoms with Crippen LogP contribution in [0.1, 0.15) is 57.7 Å². The van der Waals surface area contributed by atoms with Gasteiger partial charge in [-0.15, -0.1) is 0 Å². The van der Waals surface area contributed by atoms with E-state index in [0.29, 0.717) is 5.71 Å². The molecule has 0 heterocycles. The lowest BCUT2D eigenvalue weighted by Gasteiger charge is -2.10. The van der Waals surface area contributed by atoms with Crippen molar-refractivity contribution in [3.05, 3.63) is 46.5 Å². The van der Waals surface area contributed by atoms with Crippen LogP contribution in [0.2, 0.25) is 0 Å². The molecule has 1 aromatic rings. The van der Waals surface area contributed by atoms with Gasteiger partial charge < -0.3 is 0 Å². The van der Waals surface area contributed by atoms with Gasteiger partial charge in [0.1, 0.15) is 0 Å². The standard InChI is InChI=1S/C14H22.C7H11NO/c1-5-13-10-12(4)7-9-14(13)8-6-11(2)3;1-6(2)4-7(5-9)8-3/h7,9-11H,5-6,8H2,1-4H3;4-5H,1-3H3. The Labute approximate surface area is 142 Å². The molecule has 128 valence electrons. The monoisotopic (exact) mass is 315 g/mol. The summed E-state index contributed by atoms with van der Waals surface area (Å²) in [5.74, 6) is 0.806. The first-order valence-corrected chi connectivity index (χ1v) is 8.49. The van der Waals surface area contributed by atoms with Gasteiger partial charge in [0.15, 0.2) is 6.29 Å². The van der Waals surface area contributed by atoms with Gasteiger partial charge >= 0.3 is 0 Å². The van der Waals surface area contributed by atoms with Crippen molar-refractivity contribution in [2.24, 2.45) is 10.9 Å². The highest BCUT2D eigenvalue weighted by Crippen LogP contribution is 2.16. The highest BCUT2D eigenvalue weighted by Gasteiger charge is 2.02. The van der Waals surface area contributed by atoms with Crippen molar-refractivity contribution in [3.63, 3.8) is 0 Å². The summed E-state index contributed by atoms with van der Waals surface area (Å²) < 4.78 is 0. The minimum atomic E-state index is 0.495. The molecule has 0 fully saturated rings. The molecule has 0 unspecified atom stereocenters. The summed E-state index contributed by atoms with van der Waals surface area (Å²) in [6.45, 7) is 12.8. The van der Waals surface area contributed by atoms with Crippen LogP contribution in [0.15, 0.2) is 34.8 Å². The van der Waals surface area contributed by atoms with Crippen LogP contribution in [0.25, 0.3) is 0 Å². The maximum absolute atomic E-state index is 10.1. The average molecular weight is 316 g/mol. The minimum absolute atomic E-state index is 0.495. The molecule has 0 N–H and O–H groups in total. The topological polar surface area (TPSA) is 29.4 Å². The number of benzene rings is 1. The first-order valence-electron chi connectivity index (χ1n) is 8.49. The Kier molecular flexibility index (Phi) is 10.9. The van der Waals surface area contributed by atoms with Gasteiger partial charge in [0, 0.05) is 7.05 Å². The van der Waals surface area contributed by atoms with E-state index in [2.05, 4.69) is 50.9 Å². The highest BCUT2D eigenvalue weighted by atomic mass is 16.1. The Morgan fingerprint density at radius 2 is 1.87 bits per heavy atom. The van der Waals surface area contributed by atoms with Crippen LogP contribution < -0.4 is 0 Å². The van der Waals surface area contributed by atoms with Gasteiger partial charge in [0.25, 0.3) is 0 Å². The molecule has 0 spiro atoms. The summed E-state index contributed by atoms with van der Waals surface area (Å²) in [5, 5.41) is 0. The molecule has 0 saturated carbocycles. The number of rotatable bonds is 6. The number of carbonyl (C=O) groups is 1. The van der Waals surface area contributed by atoms with Crippen molar-refractivity contribution < 1.29 is 4.79 Å². The van der Waals surface area contributed by atoms with E-state index in [0.717, 1.165) is 24.2 Å². The third-order valence-corrected chi connectivity index (χ3v) is 3.55. The second-order valence-electron chi connectivity index (χ2n) is 6.55. The second-order valence-corrected chi connectivity index (χ2v) is 6.55. The third kappa shape index (κ3) is 9.83. The van der Waals surface area contributed by atoms with Crippen LogP contribution in [-0.4, -0.2) is 19.0 Å². The average Bonchev–Trinajstić information content (AvgIpc) is 2.51. The minimum Gasteiger partial charge on any atom is -0.296 e. The Morgan fingerprint density at radius 1 is 1.22 bits per heavy atom. The van der Waals surface area contributed by atoms with E-state index in [1.807, 2.05) is 13.8 Å². The number of carbonyl (C=O) groups excluding carboxylic acids is 1. The quantitative estimate of drug-likeness (QED) is 0.512. The molecule has 0 amide bonds. The van der Waals surface area contributed by atoms with E-state index in [9.17, 15) is 4.79 Å². The van der Waals surface area contributed by atoms with Crippen LogP contribution in [-0.2, 0) is 17.6 Å². The lowest BCUT2D eigenvalue weighted by atomic mass is 9.96. The van der Waals surface area contributed by atoms with Crippen LogP contribution in [0.5, 0.6) is 0 Å². The number of nitrogens with zero attached hydrogens (tertiary/aromatic N) is 1. The normalized spacial score (nSPS) is 10.9. The molecule has 23 heavy (non-hydrogen) atoms. The summed E-state index contributed by atoms with van der Waals surface area (Å²) in [6, 6.07) is 6.86. The van der Waals surface area contributed by atoms with Crippen LogP contribution in [0.4, 0.5) is 0 Å². The molecule has 2 nitrogen and oxygen atoms in total. The fourth-order valence-corrected chi connectivity index (χ4v) is 2.22. The molecule has 0 aliphatic rings. The fourth-order valence-electron chi connectivity index (χ4n) is 2.22. The summed E-state index contributed by atoms with van der Waals surface area (Å²) >= 11 is 0. The molecule has 0 aliphatic carbocycles. The molecule has 2 heteroatoms. The molecule has 0 aromatic heterocycles. The summed E-state index contributed by atoms with van der Waals surface area (Å²) in [4.78, 5) is 13.8. The molecule has 0 bridgehead atoms. The maximum Gasteiger partial charge on any atom is 0.167 e. The van der Waals surface area contributed by atoms with Gasteiger partial charge in [-0.05, 0) is 63.2 Å². The summed E-state index contributed by atoms with van der Waals surface area (Å²) in [6.07, 6.45) is 6.19. The van der Waals surface area contributed by atoms with Crippen molar-refractivity contribution in [3.8, 4) is 0 Å². The molecular weight excluding hydrogens is 282 g/mol. The summed E-state index contributed by atoms with van der Waals surface area (Å²) in [5.41, 5.74) is 6.05. The molecule has 1 aromatic carbocycles. The van der Waals surface area contributed by atoms with E-state index in [1.54, 1.807) is 18.7 Å². The van der Waals surface area contributed by atoms with E-state index in [4.69, 9.17) is 0 Å². The third-order valence-electron chi connectivity index (χ3n) is 3.55. The van der Waals surface area contributed by atoms with Gasteiger partial charge in [0.05, 0.1) is 5.71 Å². The van der Waals surface area contributed by atoms with Gasteiger partial charge in [0.2, 0.25) is 0 Å². The predicted molar refractivity (Wildman–Crippen MR) is 103 cm³/mol. The Bertz CT molecular complexity index is 535. The number of aldehydes is 1. The fraction of sp³-hybridized carbons (Fsp3) is 0.524. The van der Waals surface area contributed by atoms with Gasteiger partial charge in [-0.1, -0.05) is 50.1 Å². The van der Waals surface area contributed by atoms with Crippen molar-refractivity contribution in [1.29, 1.82) is 0 Å². The van der Waals surface area contributed by atoms with E-state index in [1.165, 1.54) is 24.0 Å². The zero-order valence-electron chi connectivity index (χ0n) is 15.9. The van der Waals surface area contributed by atoms with E-state index < -0.39 is 0 Å². The molecule has 0 aliphatic heterocycles. The van der Waals surface area contributed by atoms with Gasteiger partial charge in [-0.25, -0.2) is 0 Å². The zero-order chi connectivity index (χ0) is 17.8. The molecule has 0 radical (unpaired) electrons. The number of hydrogen-bond donors (Lipinski definition) is 0. The first kappa shape index (κ1) is 21.3. The molecular formula is C21H33NO. The second kappa shape index (κ2) is 11.8. The van der Waals surface area contributed by atoms with Crippen LogP contribution in [0.3, 0.4) is 0 Å². The zero-order valence-corrected chi connectivity index (χ0v) is 15.9. The summed E-state index contributed by atoms with van der Waals surface area (Å²) in [7, 11) is 1.60. The Morgan fingerprint density at radius 3 is 2.26 bits per heavy atom. The molecule has 0 atom stereocenters. The SMILES string of the molecule is CCc1cc(C)ccc1CCC(C)C.CN=C(C=O)C=C(C)C. The van der Waals surface area contributed by atoms with Crippen molar-refractivity contribution in [1.82, 2.24) is 0 Å². The molecule has 1 rings (SSSR count). The van der Waals surface area contributed by atoms with Crippen molar-refractivity contribution >= 4 is 12.0 Å². The number of hydrogen-bond acceptors (Lipinski definition) is 2. The van der Waals surface area contributed by atoms with Crippen LogP contribution in [0, 0.1) is 12.8 Å². The largest absolute Gasteiger partial charge is 0.296 e. The van der Waals surface area contributed by atoms with E-state index >= 15 is 0 Å². The van der Waals surface area contributed by atoms with Crippen molar-refractivity contribution in [2.45, 2.75) is 60.8 Å². The lowest BCUT2D eigenvalue weighted by Crippen LogP contribution is -1.97. The van der Waals surface area contributed by atoms with Crippen LogP contribution >= 0.6 is 0 Å². The maximum atomic E-state index is 10.1. The predicted octanol–water partition coefficient (Wildman–Crippen LogP) is 5.37. The van der Waals surface area contributed by atoms with E-state index in [-0.39, 0.29) is 0 Å². The number of aliphatic imine (C=N–C) groups is 1. The van der Waals surface area contributed by atoms with Crippen molar-refractivity contribution in [2.75, 3.05) is 7.05 Å². The first-order chi connectivity index (χ1) is 10.8. The van der Waals surface area contributed by atoms with Gasteiger partial charge in [-0.2, -0.15) is 0 Å². The Hall–Kier alpha value is -1.70. The lowest BCUT2D eigenvalue weighted by molar-refractivity contribution is -0.102. The molecule has 0 saturated heterocycles. The smallest absolute Gasteiger partial charge is 0.167 e. The number of aryl methyl sites for hydroxylation is 3. The van der Waals surface area contributed by atoms with Gasteiger partial charge in [-0.3, -0.25) is 9.79 Å². The number of allylic oxidation sites excluding steroid dienone is 2.